The number of nitrogens with zero attached hydrogens (tertiary/aromatic N) is 2. The first kappa shape index (κ1) is 15.2. The lowest BCUT2D eigenvalue weighted by molar-refractivity contribution is -0.138. The Kier molecular flexibility index (Phi) is 4.74. The van der Waals surface area contributed by atoms with Crippen molar-refractivity contribution in [2.45, 2.75) is 19.9 Å². The number of carbonyl (C=O) groups is 1. The second kappa shape index (κ2) is 6.53. The minimum Gasteiger partial charge on any atom is -0.497 e. The fourth-order valence-electron chi connectivity index (χ4n) is 1.78. The minimum atomic E-state index is -0.897. The van der Waals surface area contributed by atoms with Gasteiger partial charge in [-0.3, -0.25) is 0 Å². The molecule has 0 aliphatic rings. The topological polar surface area (TPSA) is 84.3 Å². The molecule has 6 nitrogen and oxygen atoms in total. The lowest BCUT2D eigenvalue weighted by atomic mass is 10.1. The van der Waals surface area contributed by atoms with Crippen LogP contribution < -0.4 is 10.1 Å². The molecule has 2 N–H and O–H groups in total. The summed E-state index contributed by atoms with van der Waals surface area (Å²) >= 11 is 1.33. The molecule has 7 heteroatoms. The summed E-state index contributed by atoms with van der Waals surface area (Å²) in [7, 11) is 1.61. The maximum Gasteiger partial charge on any atom is 0.326 e. The summed E-state index contributed by atoms with van der Waals surface area (Å²) in [5, 5.41) is 21.4. The fourth-order valence-corrected chi connectivity index (χ4v) is 2.56. The Morgan fingerprint density at radius 2 is 1.95 bits per heavy atom. The second-order valence-corrected chi connectivity index (χ2v) is 5.82. The van der Waals surface area contributed by atoms with E-state index in [1.807, 2.05) is 38.1 Å². The molecule has 0 aliphatic carbocycles. The van der Waals surface area contributed by atoms with Crippen molar-refractivity contribution in [2.75, 3.05) is 12.4 Å². The molecule has 2 aromatic rings. The molecule has 0 radical (unpaired) electrons. The number of carboxylic acid groups (broad SMARTS) is 1. The van der Waals surface area contributed by atoms with Crippen molar-refractivity contribution in [1.82, 2.24) is 10.2 Å². The van der Waals surface area contributed by atoms with Crippen LogP contribution >= 0.6 is 11.3 Å². The molecule has 21 heavy (non-hydrogen) atoms. The number of benzene rings is 1. The van der Waals surface area contributed by atoms with Crippen LogP contribution in [0.15, 0.2) is 24.3 Å². The Bertz CT molecular complexity index is 610. The highest BCUT2D eigenvalue weighted by Gasteiger charge is 2.22. The SMILES string of the molecule is COc1ccc(-c2nnc(N[C@H](C(=O)O)C(C)C)s2)cc1. The van der Waals surface area contributed by atoms with E-state index in [4.69, 9.17) is 9.84 Å². The Morgan fingerprint density at radius 1 is 1.29 bits per heavy atom. The van der Waals surface area contributed by atoms with E-state index in [0.29, 0.717) is 5.13 Å². The molecule has 0 spiro atoms. The predicted molar refractivity (Wildman–Crippen MR) is 81.8 cm³/mol. The smallest absolute Gasteiger partial charge is 0.326 e. The van der Waals surface area contributed by atoms with Crippen LogP contribution in [0.4, 0.5) is 5.13 Å². The van der Waals surface area contributed by atoms with Crippen molar-refractivity contribution in [3.8, 4) is 16.3 Å². The van der Waals surface area contributed by atoms with Gasteiger partial charge in [-0.1, -0.05) is 25.2 Å². The van der Waals surface area contributed by atoms with Crippen molar-refractivity contribution >= 4 is 22.4 Å². The van der Waals surface area contributed by atoms with Crippen LogP contribution in [0.5, 0.6) is 5.75 Å². The van der Waals surface area contributed by atoms with Crippen LogP contribution in [0, 0.1) is 5.92 Å². The van der Waals surface area contributed by atoms with E-state index in [1.54, 1.807) is 7.11 Å². The number of aromatic nitrogens is 2. The maximum absolute atomic E-state index is 11.2. The highest BCUT2D eigenvalue weighted by atomic mass is 32.1. The number of anilines is 1. The first-order chi connectivity index (χ1) is 10.0. The van der Waals surface area contributed by atoms with E-state index in [-0.39, 0.29) is 5.92 Å². The van der Waals surface area contributed by atoms with Gasteiger partial charge in [-0.15, -0.1) is 10.2 Å². The molecule has 1 aromatic carbocycles. The van der Waals surface area contributed by atoms with Gasteiger partial charge in [-0.2, -0.15) is 0 Å². The highest BCUT2D eigenvalue weighted by molar-refractivity contribution is 7.18. The Labute approximate surface area is 126 Å². The van der Waals surface area contributed by atoms with Gasteiger partial charge in [0.2, 0.25) is 5.13 Å². The summed E-state index contributed by atoms with van der Waals surface area (Å²) < 4.78 is 5.11. The van der Waals surface area contributed by atoms with Crippen molar-refractivity contribution in [3.05, 3.63) is 24.3 Å². The first-order valence-electron chi connectivity index (χ1n) is 6.48. The van der Waals surface area contributed by atoms with Crippen molar-refractivity contribution in [3.63, 3.8) is 0 Å². The maximum atomic E-state index is 11.2. The zero-order chi connectivity index (χ0) is 15.4. The average Bonchev–Trinajstić information content (AvgIpc) is 2.93. The molecule has 0 bridgehead atoms. The minimum absolute atomic E-state index is 0.0455. The molecule has 1 heterocycles. The lowest BCUT2D eigenvalue weighted by Crippen LogP contribution is -2.34. The molecule has 0 aliphatic heterocycles. The summed E-state index contributed by atoms with van der Waals surface area (Å²) in [6, 6.07) is 6.79. The molecule has 0 saturated heterocycles. The largest absolute Gasteiger partial charge is 0.497 e. The van der Waals surface area contributed by atoms with Crippen LogP contribution in [-0.4, -0.2) is 34.4 Å². The number of aliphatic carboxylic acids is 1. The van der Waals surface area contributed by atoms with E-state index in [9.17, 15) is 4.79 Å². The number of carboxylic acids is 1. The normalized spacial score (nSPS) is 12.2. The van der Waals surface area contributed by atoms with Crippen molar-refractivity contribution < 1.29 is 14.6 Å². The Hall–Kier alpha value is -2.15. The number of hydrogen-bond acceptors (Lipinski definition) is 6. The van der Waals surface area contributed by atoms with Crippen molar-refractivity contribution in [2.24, 2.45) is 5.92 Å². The standard InChI is InChI=1S/C14H17N3O3S/c1-8(2)11(13(18)19)15-14-17-16-12(21-14)9-4-6-10(20-3)7-5-9/h4-8,11H,1-3H3,(H,15,17)(H,18,19)/t11-/m0/s1. The van der Waals surface area contributed by atoms with Gasteiger partial charge in [-0.25, -0.2) is 4.79 Å². The molecule has 1 aromatic heterocycles. The number of methoxy groups -OCH3 is 1. The summed E-state index contributed by atoms with van der Waals surface area (Å²) in [6.45, 7) is 3.69. The van der Waals surface area contributed by atoms with E-state index < -0.39 is 12.0 Å². The first-order valence-corrected chi connectivity index (χ1v) is 7.30. The van der Waals surface area contributed by atoms with Gasteiger partial charge in [0, 0.05) is 5.56 Å². The van der Waals surface area contributed by atoms with Gasteiger partial charge in [-0.05, 0) is 30.2 Å². The van der Waals surface area contributed by atoms with Gasteiger partial charge in [0.05, 0.1) is 7.11 Å². The molecular formula is C14H17N3O3S. The van der Waals surface area contributed by atoms with Crippen LogP contribution in [0.25, 0.3) is 10.6 Å². The summed E-state index contributed by atoms with van der Waals surface area (Å²) in [5.74, 6) is -0.172. The fraction of sp³-hybridized carbons (Fsp3) is 0.357. The third kappa shape index (κ3) is 3.69. The predicted octanol–water partition coefficient (Wildman–Crippen LogP) is 2.73. The molecule has 1 atom stereocenters. The summed E-state index contributed by atoms with van der Waals surface area (Å²) in [6.07, 6.45) is 0. The zero-order valence-corrected chi connectivity index (χ0v) is 12.8. The molecular weight excluding hydrogens is 290 g/mol. The van der Waals surface area contributed by atoms with Crippen LogP contribution in [0.3, 0.4) is 0 Å². The average molecular weight is 307 g/mol. The van der Waals surface area contributed by atoms with Gasteiger partial charge in [0.15, 0.2) is 0 Å². The van der Waals surface area contributed by atoms with Crippen molar-refractivity contribution in [1.29, 1.82) is 0 Å². The zero-order valence-electron chi connectivity index (χ0n) is 12.0. The van der Waals surface area contributed by atoms with E-state index >= 15 is 0 Å². The van der Waals surface area contributed by atoms with Gasteiger partial charge < -0.3 is 15.2 Å². The Morgan fingerprint density at radius 3 is 2.48 bits per heavy atom. The molecule has 0 unspecified atom stereocenters. The van der Waals surface area contributed by atoms with Gasteiger partial charge in [0.25, 0.3) is 0 Å². The van der Waals surface area contributed by atoms with Gasteiger partial charge in [0.1, 0.15) is 16.8 Å². The molecule has 2 rings (SSSR count). The van der Waals surface area contributed by atoms with E-state index in [1.165, 1.54) is 11.3 Å². The Balaban J connectivity index is 2.15. The summed E-state index contributed by atoms with van der Waals surface area (Å²) in [5.41, 5.74) is 0.915. The molecule has 0 fully saturated rings. The van der Waals surface area contributed by atoms with Crippen LogP contribution in [0.1, 0.15) is 13.8 Å². The summed E-state index contributed by atoms with van der Waals surface area (Å²) in [4.78, 5) is 11.2. The molecule has 0 saturated carbocycles. The quantitative estimate of drug-likeness (QED) is 0.853. The number of rotatable bonds is 6. The number of nitrogens with one attached hydrogen (secondary N) is 1. The third-order valence-electron chi connectivity index (χ3n) is 2.97. The van der Waals surface area contributed by atoms with E-state index in [2.05, 4.69) is 15.5 Å². The monoisotopic (exact) mass is 307 g/mol. The van der Waals surface area contributed by atoms with Gasteiger partial charge >= 0.3 is 5.97 Å². The van der Waals surface area contributed by atoms with E-state index in [0.717, 1.165) is 16.3 Å². The molecule has 0 amide bonds. The van der Waals surface area contributed by atoms with Crippen LogP contribution in [-0.2, 0) is 4.79 Å². The third-order valence-corrected chi connectivity index (χ3v) is 3.88. The molecule has 112 valence electrons. The highest BCUT2D eigenvalue weighted by Crippen LogP contribution is 2.28. The van der Waals surface area contributed by atoms with Crippen LogP contribution in [0.2, 0.25) is 0 Å². The second-order valence-electron chi connectivity index (χ2n) is 4.85. The number of hydrogen-bond donors (Lipinski definition) is 2. The number of ether oxygens (including phenoxy) is 1. The lowest BCUT2D eigenvalue weighted by Gasteiger charge is -2.16.